The van der Waals surface area contributed by atoms with Crippen LogP contribution in [0.25, 0.3) is 0 Å². The molecule has 0 heterocycles. The maximum atomic E-state index is 11.1. The largest absolute Gasteiger partial charge is 0.479 e. The molecule has 0 N–H and O–H groups in total. The number of nitro groups is 2. The fourth-order valence-electron chi connectivity index (χ4n) is 1.92. The van der Waals surface area contributed by atoms with Crippen molar-refractivity contribution in [1.29, 1.82) is 0 Å². The van der Waals surface area contributed by atoms with E-state index in [-0.39, 0.29) is 11.4 Å². The fourth-order valence-corrected chi connectivity index (χ4v) is 1.92. The monoisotopic (exact) mass is 378 g/mol. The van der Waals surface area contributed by atoms with Crippen LogP contribution in [0, 0.1) is 20.2 Å². The van der Waals surface area contributed by atoms with Crippen LogP contribution in [0.2, 0.25) is 0 Å². The second kappa shape index (κ2) is 15.3. The van der Waals surface area contributed by atoms with Gasteiger partial charge in [-0.15, -0.1) is 0 Å². The van der Waals surface area contributed by atoms with Crippen molar-refractivity contribution in [2.24, 2.45) is 0 Å². The van der Waals surface area contributed by atoms with Crippen LogP contribution in [0.5, 0.6) is 5.75 Å². The molecule has 27 heavy (non-hydrogen) atoms. The van der Waals surface area contributed by atoms with Crippen LogP contribution in [0.3, 0.4) is 0 Å². The summed E-state index contributed by atoms with van der Waals surface area (Å²) in [5.74, 6) is -0.0133. The molecule has 0 aromatic heterocycles. The molecular formula is C20H30N2O5. The Labute approximate surface area is 161 Å². The van der Waals surface area contributed by atoms with Gasteiger partial charge in [-0.25, -0.2) is 0 Å². The number of nitro benzene ring substituents is 2. The molecule has 1 aromatic carbocycles. The van der Waals surface area contributed by atoms with Crippen LogP contribution in [-0.2, 0) is 0 Å². The minimum absolute atomic E-state index is 0.0133. The molecule has 7 heteroatoms. The van der Waals surface area contributed by atoms with E-state index in [1.54, 1.807) is 12.2 Å². The van der Waals surface area contributed by atoms with Gasteiger partial charge in [0, 0.05) is 6.07 Å². The van der Waals surface area contributed by atoms with Gasteiger partial charge in [0.25, 0.3) is 5.69 Å². The second-order valence-electron chi connectivity index (χ2n) is 4.58. The number of allylic oxidation sites excluding steroid dienone is 3. The summed E-state index contributed by atoms with van der Waals surface area (Å²) >= 11 is 0. The molecule has 1 unspecified atom stereocenters. The van der Waals surface area contributed by atoms with Crippen LogP contribution in [0.4, 0.5) is 11.4 Å². The molecule has 0 amide bonds. The summed E-state index contributed by atoms with van der Waals surface area (Å²) in [6.45, 7) is 15.4. The first kappa shape index (κ1) is 26.3. The molecular weight excluding hydrogens is 348 g/mol. The number of non-ortho nitro benzene ring substituents is 1. The first-order valence-corrected chi connectivity index (χ1v) is 8.99. The normalized spacial score (nSPS) is 11.4. The highest BCUT2D eigenvalue weighted by Crippen LogP contribution is 2.33. The number of rotatable bonds is 8. The molecule has 0 saturated heterocycles. The topological polar surface area (TPSA) is 95.5 Å². The summed E-state index contributed by atoms with van der Waals surface area (Å²) in [4.78, 5) is 20.5. The standard InChI is InChI=1S/C16H18N2O5.2C2H6/c1-4-7-8-12(5-2)15(6-3)23-16-10-9-13(17(19)20)11-14(16)18(21)22;2*1-2/h4-5,7-11,15H,2,6H2,1,3H3;2*1-2H3/b7-4-,12-8+;;. The Balaban J connectivity index is 0. The lowest BCUT2D eigenvalue weighted by Crippen LogP contribution is -2.18. The molecule has 0 saturated carbocycles. The number of ether oxygens (including phenoxy) is 1. The molecule has 1 rings (SSSR count). The summed E-state index contributed by atoms with van der Waals surface area (Å²) in [6, 6.07) is 3.32. The minimum atomic E-state index is -0.696. The van der Waals surface area contributed by atoms with Crippen molar-refractivity contribution in [2.45, 2.75) is 54.1 Å². The van der Waals surface area contributed by atoms with Crippen molar-refractivity contribution in [1.82, 2.24) is 0 Å². The van der Waals surface area contributed by atoms with E-state index < -0.39 is 21.6 Å². The molecule has 0 aliphatic carbocycles. The Hall–Kier alpha value is -2.96. The third kappa shape index (κ3) is 8.80. The summed E-state index contributed by atoms with van der Waals surface area (Å²) in [5, 5.41) is 21.9. The van der Waals surface area contributed by atoms with Crippen molar-refractivity contribution >= 4 is 11.4 Å². The van der Waals surface area contributed by atoms with Gasteiger partial charge in [-0.2, -0.15) is 0 Å². The summed E-state index contributed by atoms with van der Waals surface area (Å²) < 4.78 is 5.70. The minimum Gasteiger partial charge on any atom is -0.479 e. The van der Waals surface area contributed by atoms with E-state index in [2.05, 4.69) is 6.58 Å². The highest BCUT2D eigenvalue weighted by molar-refractivity contribution is 5.53. The highest BCUT2D eigenvalue weighted by Gasteiger charge is 2.23. The van der Waals surface area contributed by atoms with Gasteiger partial charge in [-0.05, 0) is 25.0 Å². The molecule has 0 spiro atoms. The Bertz CT molecular complexity index is 666. The van der Waals surface area contributed by atoms with Gasteiger partial charge in [0.05, 0.1) is 15.9 Å². The van der Waals surface area contributed by atoms with Crippen molar-refractivity contribution in [3.63, 3.8) is 0 Å². The smallest absolute Gasteiger partial charge is 0.317 e. The number of hydrogen-bond donors (Lipinski definition) is 0. The maximum Gasteiger partial charge on any atom is 0.317 e. The van der Waals surface area contributed by atoms with E-state index in [4.69, 9.17) is 4.74 Å². The number of nitrogens with zero attached hydrogens (tertiary/aromatic N) is 2. The van der Waals surface area contributed by atoms with Gasteiger partial charge in [-0.3, -0.25) is 20.2 Å². The lowest BCUT2D eigenvalue weighted by Gasteiger charge is -2.18. The Morgan fingerprint density at radius 2 is 1.78 bits per heavy atom. The molecule has 0 bridgehead atoms. The zero-order valence-corrected chi connectivity index (χ0v) is 17.0. The molecule has 0 radical (unpaired) electrons. The Morgan fingerprint density at radius 3 is 2.19 bits per heavy atom. The maximum absolute atomic E-state index is 11.1. The summed E-state index contributed by atoms with van der Waals surface area (Å²) in [5.41, 5.74) is -0.0316. The van der Waals surface area contributed by atoms with Gasteiger partial charge in [-0.1, -0.05) is 65.5 Å². The zero-order chi connectivity index (χ0) is 21.4. The molecule has 1 aromatic rings. The van der Waals surface area contributed by atoms with E-state index in [0.29, 0.717) is 6.42 Å². The number of benzene rings is 1. The van der Waals surface area contributed by atoms with E-state index >= 15 is 0 Å². The van der Waals surface area contributed by atoms with Crippen LogP contribution in [0.1, 0.15) is 48.0 Å². The lowest BCUT2D eigenvalue weighted by atomic mass is 10.1. The van der Waals surface area contributed by atoms with Crippen molar-refractivity contribution in [3.05, 3.63) is 74.9 Å². The first-order chi connectivity index (χ1) is 12.9. The molecule has 0 fully saturated rings. The molecule has 1 atom stereocenters. The van der Waals surface area contributed by atoms with Crippen molar-refractivity contribution in [2.75, 3.05) is 0 Å². The molecule has 150 valence electrons. The van der Waals surface area contributed by atoms with Crippen LogP contribution >= 0.6 is 0 Å². The van der Waals surface area contributed by atoms with Gasteiger partial charge >= 0.3 is 5.69 Å². The van der Waals surface area contributed by atoms with E-state index in [0.717, 1.165) is 11.6 Å². The highest BCUT2D eigenvalue weighted by atomic mass is 16.6. The van der Waals surface area contributed by atoms with Gasteiger partial charge in [0.2, 0.25) is 0 Å². The van der Waals surface area contributed by atoms with E-state index in [1.165, 1.54) is 12.1 Å². The predicted molar refractivity (Wildman–Crippen MR) is 110 cm³/mol. The van der Waals surface area contributed by atoms with E-state index in [1.807, 2.05) is 53.7 Å². The average molecular weight is 378 g/mol. The molecule has 7 nitrogen and oxygen atoms in total. The van der Waals surface area contributed by atoms with Gasteiger partial charge < -0.3 is 4.74 Å². The fraction of sp³-hybridized carbons (Fsp3) is 0.400. The summed E-state index contributed by atoms with van der Waals surface area (Å²) in [6.07, 6.45) is 7.19. The van der Waals surface area contributed by atoms with Crippen molar-refractivity contribution < 1.29 is 14.6 Å². The Kier molecular flexibility index (Phi) is 14.9. The summed E-state index contributed by atoms with van der Waals surface area (Å²) in [7, 11) is 0. The predicted octanol–water partition coefficient (Wildman–Crippen LogP) is 6.40. The lowest BCUT2D eigenvalue weighted by molar-refractivity contribution is -0.394. The quantitative estimate of drug-likeness (QED) is 0.296. The third-order valence-electron chi connectivity index (χ3n) is 3.08. The second-order valence-corrected chi connectivity index (χ2v) is 4.58. The van der Waals surface area contributed by atoms with Crippen molar-refractivity contribution in [3.8, 4) is 5.75 Å². The zero-order valence-electron chi connectivity index (χ0n) is 17.0. The van der Waals surface area contributed by atoms with E-state index in [9.17, 15) is 20.2 Å². The average Bonchev–Trinajstić information content (AvgIpc) is 2.70. The van der Waals surface area contributed by atoms with Gasteiger partial charge in [0.15, 0.2) is 5.75 Å². The molecule has 0 aliphatic heterocycles. The SMILES string of the molecule is C=C/C(=C\C=C/C)C(CC)Oc1ccc([N+](=O)[O-])cc1[N+](=O)[O-].CC.CC. The third-order valence-corrected chi connectivity index (χ3v) is 3.08. The van der Waals surface area contributed by atoms with Crippen LogP contribution < -0.4 is 4.74 Å². The number of hydrogen-bond acceptors (Lipinski definition) is 5. The first-order valence-electron chi connectivity index (χ1n) is 8.99. The Morgan fingerprint density at radius 1 is 1.19 bits per heavy atom. The van der Waals surface area contributed by atoms with Gasteiger partial charge in [0.1, 0.15) is 6.10 Å². The van der Waals surface area contributed by atoms with Crippen LogP contribution in [-0.4, -0.2) is 16.0 Å². The van der Waals surface area contributed by atoms with Crippen LogP contribution in [0.15, 0.2) is 54.7 Å². The molecule has 0 aliphatic rings.